The van der Waals surface area contributed by atoms with Gasteiger partial charge in [-0.1, -0.05) is 24.3 Å². The van der Waals surface area contributed by atoms with Crippen molar-refractivity contribution in [3.8, 4) is 0 Å². The number of Topliss-reactive ketones (excluding diaryl/α,β-unsaturated/α-hetero) is 1. The summed E-state index contributed by atoms with van der Waals surface area (Å²) in [7, 11) is 0. The summed E-state index contributed by atoms with van der Waals surface area (Å²) in [6, 6.07) is 14.5. The summed E-state index contributed by atoms with van der Waals surface area (Å²) in [6.07, 6.45) is 1.43. The minimum absolute atomic E-state index is 0.108. The maximum absolute atomic E-state index is 14.6. The van der Waals surface area contributed by atoms with E-state index < -0.39 is 40.8 Å². The lowest BCUT2D eigenvalue weighted by atomic mass is 9.98. The van der Waals surface area contributed by atoms with E-state index in [0.29, 0.717) is 11.0 Å². The van der Waals surface area contributed by atoms with Gasteiger partial charge >= 0.3 is 0 Å². The Balaban J connectivity index is 1.69. The van der Waals surface area contributed by atoms with Crippen molar-refractivity contribution in [3.05, 3.63) is 107 Å². The van der Waals surface area contributed by atoms with Crippen LogP contribution in [0.4, 0.5) is 14.5 Å². The predicted molar refractivity (Wildman–Crippen MR) is 111 cm³/mol. The molecule has 158 valence electrons. The van der Waals surface area contributed by atoms with E-state index in [-0.39, 0.29) is 17.0 Å². The van der Waals surface area contributed by atoms with Crippen LogP contribution < -0.4 is 4.90 Å². The smallest absolute Gasteiger partial charge is 0.294 e. The number of halogens is 2. The van der Waals surface area contributed by atoms with E-state index in [1.165, 1.54) is 18.3 Å². The summed E-state index contributed by atoms with van der Waals surface area (Å²) in [5, 5.41) is 11.3. The van der Waals surface area contributed by atoms with Crippen LogP contribution in [0.2, 0.25) is 0 Å². The standard InChI is InChI=1S/C24H14F2N2O4/c25-14-8-9-15(26)17(12-14)28-21(16-6-3-4-10-27-16)20(23(30)24(28)31)22(29)19-11-13-5-1-2-7-18(13)32-19/h1-12,21,30H. The number of fused-ring (bicyclic) bond motifs is 1. The number of para-hydroxylation sites is 1. The van der Waals surface area contributed by atoms with E-state index in [9.17, 15) is 23.5 Å². The monoisotopic (exact) mass is 432 g/mol. The second-order valence-electron chi connectivity index (χ2n) is 7.17. The number of anilines is 1. The zero-order valence-electron chi connectivity index (χ0n) is 16.3. The molecule has 2 aromatic carbocycles. The number of benzene rings is 2. The molecule has 3 heterocycles. The van der Waals surface area contributed by atoms with Crippen LogP contribution >= 0.6 is 0 Å². The number of pyridine rings is 1. The Morgan fingerprint density at radius 2 is 1.81 bits per heavy atom. The second kappa shape index (κ2) is 7.42. The Kier molecular flexibility index (Phi) is 4.55. The van der Waals surface area contributed by atoms with Crippen LogP contribution in [-0.4, -0.2) is 21.8 Å². The molecule has 1 unspecified atom stereocenters. The molecular formula is C24H14F2N2O4. The molecule has 0 saturated heterocycles. The molecule has 2 aromatic heterocycles. The number of aliphatic hydroxyl groups is 1. The van der Waals surface area contributed by atoms with Gasteiger partial charge in [-0.2, -0.15) is 0 Å². The molecule has 0 aliphatic carbocycles. The summed E-state index contributed by atoms with van der Waals surface area (Å²) < 4.78 is 34.1. The molecule has 1 amide bonds. The lowest BCUT2D eigenvalue weighted by Crippen LogP contribution is -2.32. The fourth-order valence-electron chi connectivity index (χ4n) is 3.80. The van der Waals surface area contributed by atoms with Crippen molar-refractivity contribution in [2.24, 2.45) is 0 Å². The minimum atomic E-state index is -1.29. The Hall–Kier alpha value is -4.33. The zero-order valence-corrected chi connectivity index (χ0v) is 16.3. The number of carbonyl (C=O) groups is 2. The van der Waals surface area contributed by atoms with E-state index in [0.717, 1.165) is 23.1 Å². The first-order valence-corrected chi connectivity index (χ1v) is 9.61. The minimum Gasteiger partial charge on any atom is -0.503 e. The summed E-state index contributed by atoms with van der Waals surface area (Å²) in [5.41, 5.74) is -0.128. The highest BCUT2D eigenvalue weighted by atomic mass is 19.1. The van der Waals surface area contributed by atoms with Gasteiger partial charge in [0.05, 0.1) is 17.0 Å². The number of nitrogens with zero attached hydrogens (tertiary/aromatic N) is 2. The highest BCUT2D eigenvalue weighted by Gasteiger charge is 2.47. The molecule has 5 rings (SSSR count). The molecule has 0 spiro atoms. The molecule has 6 nitrogen and oxygen atoms in total. The number of aromatic nitrogens is 1. The number of carbonyl (C=O) groups excluding carboxylic acids is 2. The first-order chi connectivity index (χ1) is 15.5. The number of hydrogen-bond acceptors (Lipinski definition) is 5. The van der Waals surface area contributed by atoms with Crippen LogP contribution in [0.1, 0.15) is 22.3 Å². The topological polar surface area (TPSA) is 83.6 Å². The van der Waals surface area contributed by atoms with Crippen molar-refractivity contribution in [1.82, 2.24) is 4.98 Å². The first-order valence-electron chi connectivity index (χ1n) is 9.61. The summed E-state index contributed by atoms with van der Waals surface area (Å²) in [4.78, 5) is 31.4. The maximum Gasteiger partial charge on any atom is 0.294 e. The molecule has 1 atom stereocenters. The van der Waals surface area contributed by atoms with Gasteiger partial charge < -0.3 is 9.52 Å². The number of ketones is 1. The summed E-state index contributed by atoms with van der Waals surface area (Å²) >= 11 is 0. The van der Waals surface area contributed by atoms with Crippen molar-refractivity contribution >= 4 is 28.3 Å². The van der Waals surface area contributed by atoms with Crippen molar-refractivity contribution < 1.29 is 27.9 Å². The van der Waals surface area contributed by atoms with Gasteiger partial charge in [0.2, 0.25) is 5.78 Å². The van der Waals surface area contributed by atoms with Crippen molar-refractivity contribution in [3.63, 3.8) is 0 Å². The van der Waals surface area contributed by atoms with Crippen molar-refractivity contribution in [2.75, 3.05) is 4.90 Å². The molecule has 1 aliphatic rings. The van der Waals surface area contributed by atoms with Gasteiger partial charge in [-0.25, -0.2) is 8.78 Å². The van der Waals surface area contributed by atoms with E-state index in [1.54, 1.807) is 36.4 Å². The van der Waals surface area contributed by atoms with Gasteiger partial charge in [-0.15, -0.1) is 0 Å². The van der Waals surface area contributed by atoms with Gasteiger partial charge in [0.1, 0.15) is 23.3 Å². The van der Waals surface area contributed by atoms with Gasteiger partial charge in [0, 0.05) is 17.6 Å². The third-order valence-electron chi connectivity index (χ3n) is 5.24. The quantitative estimate of drug-likeness (QED) is 0.465. The number of furan rings is 1. The SMILES string of the molecule is O=C(C1=C(O)C(=O)N(c2cc(F)ccc2F)C1c1ccccn1)c1cc2ccccc2o1. The fourth-order valence-corrected chi connectivity index (χ4v) is 3.80. The van der Waals surface area contributed by atoms with Crippen LogP contribution in [0.3, 0.4) is 0 Å². The number of amides is 1. The average molecular weight is 432 g/mol. The number of aliphatic hydroxyl groups excluding tert-OH is 1. The number of hydrogen-bond donors (Lipinski definition) is 1. The van der Waals surface area contributed by atoms with Crippen LogP contribution in [0.15, 0.2) is 88.7 Å². The van der Waals surface area contributed by atoms with E-state index >= 15 is 0 Å². The van der Waals surface area contributed by atoms with Crippen LogP contribution in [-0.2, 0) is 4.79 Å². The Labute approximate surface area is 180 Å². The predicted octanol–water partition coefficient (Wildman–Crippen LogP) is 4.89. The highest BCUT2D eigenvalue weighted by molar-refractivity contribution is 6.20. The molecular weight excluding hydrogens is 418 g/mol. The molecule has 0 fully saturated rings. The van der Waals surface area contributed by atoms with E-state index in [4.69, 9.17) is 4.42 Å². The molecule has 4 aromatic rings. The normalized spacial score (nSPS) is 16.2. The second-order valence-corrected chi connectivity index (χ2v) is 7.17. The Morgan fingerprint density at radius 3 is 2.56 bits per heavy atom. The zero-order chi connectivity index (χ0) is 22.4. The van der Waals surface area contributed by atoms with Crippen LogP contribution in [0.5, 0.6) is 0 Å². The fraction of sp³-hybridized carbons (Fsp3) is 0.0417. The molecule has 0 bridgehead atoms. The summed E-state index contributed by atoms with van der Waals surface area (Å²) in [6.45, 7) is 0. The van der Waals surface area contributed by atoms with Crippen molar-refractivity contribution in [1.29, 1.82) is 0 Å². The third-order valence-corrected chi connectivity index (χ3v) is 5.24. The third kappa shape index (κ3) is 3.04. The first kappa shape index (κ1) is 19.6. The largest absolute Gasteiger partial charge is 0.503 e. The van der Waals surface area contributed by atoms with E-state index in [1.807, 2.05) is 0 Å². The Bertz CT molecular complexity index is 1380. The highest BCUT2D eigenvalue weighted by Crippen LogP contribution is 2.42. The van der Waals surface area contributed by atoms with Gasteiger partial charge in [0.15, 0.2) is 11.5 Å². The van der Waals surface area contributed by atoms with Crippen molar-refractivity contribution in [2.45, 2.75) is 6.04 Å². The molecule has 0 radical (unpaired) electrons. The maximum atomic E-state index is 14.6. The van der Waals surface area contributed by atoms with Gasteiger partial charge in [-0.05, 0) is 36.4 Å². The molecule has 32 heavy (non-hydrogen) atoms. The lowest BCUT2D eigenvalue weighted by molar-refractivity contribution is -0.117. The molecule has 1 aliphatic heterocycles. The molecule has 1 N–H and O–H groups in total. The van der Waals surface area contributed by atoms with Crippen LogP contribution in [0, 0.1) is 11.6 Å². The molecule has 0 saturated carbocycles. The molecule has 8 heteroatoms. The van der Waals surface area contributed by atoms with Gasteiger partial charge in [0.25, 0.3) is 5.91 Å². The van der Waals surface area contributed by atoms with Crippen LogP contribution in [0.25, 0.3) is 11.0 Å². The average Bonchev–Trinajstić information content (AvgIpc) is 3.35. The van der Waals surface area contributed by atoms with E-state index in [2.05, 4.69) is 4.98 Å². The summed E-state index contributed by atoms with van der Waals surface area (Å²) in [5.74, 6) is -4.49. The van der Waals surface area contributed by atoms with Gasteiger partial charge in [-0.3, -0.25) is 19.5 Å². The number of rotatable bonds is 4. The Morgan fingerprint density at radius 1 is 1.03 bits per heavy atom. The lowest BCUT2D eigenvalue weighted by Gasteiger charge is -2.26.